The highest BCUT2D eigenvalue weighted by atomic mass is 32.2. The molecule has 0 aromatic rings. The van der Waals surface area contributed by atoms with Crippen LogP contribution in [-0.2, 0) is 9.84 Å². The van der Waals surface area contributed by atoms with Crippen molar-refractivity contribution < 1.29 is 8.42 Å². The SMILES string of the molecule is CC(C)N1CC2CCCC(C1)C2NCCCS(C)(=O)=O. The molecule has 0 aromatic heterocycles. The van der Waals surface area contributed by atoms with E-state index in [1.54, 1.807) is 0 Å². The van der Waals surface area contributed by atoms with E-state index in [9.17, 15) is 8.42 Å². The van der Waals surface area contributed by atoms with Gasteiger partial charge in [0.15, 0.2) is 0 Å². The fourth-order valence-electron chi connectivity index (χ4n) is 3.83. The van der Waals surface area contributed by atoms with Gasteiger partial charge in [0, 0.05) is 31.4 Å². The maximum absolute atomic E-state index is 11.2. The second-order valence-electron chi connectivity index (χ2n) is 6.96. The maximum Gasteiger partial charge on any atom is 0.147 e. The summed E-state index contributed by atoms with van der Waals surface area (Å²) in [6.07, 6.45) is 6.07. The molecule has 2 unspecified atom stereocenters. The molecule has 1 saturated carbocycles. The Morgan fingerprint density at radius 2 is 1.80 bits per heavy atom. The minimum atomic E-state index is -2.81. The maximum atomic E-state index is 11.2. The van der Waals surface area contributed by atoms with E-state index >= 15 is 0 Å². The van der Waals surface area contributed by atoms with Crippen LogP contribution >= 0.6 is 0 Å². The first-order valence-electron chi connectivity index (χ1n) is 8.02. The van der Waals surface area contributed by atoms with Crippen molar-refractivity contribution in [3.05, 3.63) is 0 Å². The van der Waals surface area contributed by atoms with E-state index in [2.05, 4.69) is 24.1 Å². The smallest absolute Gasteiger partial charge is 0.147 e. The number of piperidine rings is 1. The van der Waals surface area contributed by atoms with Gasteiger partial charge < -0.3 is 10.2 Å². The fraction of sp³-hybridized carbons (Fsp3) is 1.00. The first kappa shape index (κ1) is 16.2. The Balaban J connectivity index is 1.83. The Morgan fingerprint density at radius 1 is 1.20 bits per heavy atom. The first-order valence-corrected chi connectivity index (χ1v) is 10.1. The second kappa shape index (κ2) is 6.75. The van der Waals surface area contributed by atoms with Crippen LogP contribution in [0.15, 0.2) is 0 Å². The van der Waals surface area contributed by atoms with Gasteiger partial charge in [0.25, 0.3) is 0 Å². The number of nitrogens with one attached hydrogen (secondary N) is 1. The van der Waals surface area contributed by atoms with E-state index in [1.165, 1.54) is 38.6 Å². The predicted molar refractivity (Wildman–Crippen MR) is 83.7 cm³/mol. The molecule has 0 radical (unpaired) electrons. The van der Waals surface area contributed by atoms with Crippen molar-refractivity contribution in [2.45, 2.75) is 51.6 Å². The molecule has 2 atom stereocenters. The molecule has 2 rings (SSSR count). The average Bonchev–Trinajstić information content (AvgIpc) is 2.32. The molecule has 1 aliphatic carbocycles. The molecule has 118 valence electrons. The first-order chi connectivity index (χ1) is 9.37. The Bertz CT molecular complexity index is 394. The predicted octanol–water partition coefficient (Wildman–Crippen LogP) is 1.52. The van der Waals surface area contributed by atoms with Crippen molar-refractivity contribution in [3.8, 4) is 0 Å². The van der Waals surface area contributed by atoms with E-state index in [4.69, 9.17) is 0 Å². The van der Waals surface area contributed by atoms with Crippen LogP contribution in [0.5, 0.6) is 0 Å². The number of hydrogen-bond donors (Lipinski definition) is 1. The third-order valence-corrected chi connectivity index (χ3v) is 5.94. The number of hydrogen-bond acceptors (Lipinski definition) is 4. The van der Waals surface area contributed by atoms with Crippen molar-refractivity contribution in [2.75, 3.05) is 31.6 Å². The van der Waals surface area contributed by atoms with Crippen LogP contribution in [0, 0.1) is 11.8 Å². The monoisotopic (exact) mass is 302 g/mol. The molecule has 0 spiro atoms. The van der Waals surface area contributed by atoms with Gasteiger partial charge in [0.05, 0.1) is 5.75 Å². The number of fused-ring (bicyclic) bond motifs is 2. The van der Waals surface area contributed by atoms with Crippen LogP contribution < -0.4 is 5.32 Å². The summed E-state index contributed by atoms with van der Waals surface area (Å²) in [6.45, 7) is 7.83. The highest BCUT2D eigenvalue weighted by Crippen LogP contribution is 2.35. The molecule has 2 aliphatic rings. The van der Waals surface area contributed by atoms with Gasteiger partial charge in [-0.2, -0.15) is 0 Å². The van der Waals surface area contributed by atoms with E-state index in [-0.39, 0.29) is 0 Å². The molecule has 20 heavy (non-hydrogen) atoms. The Labute approximate surface area is 124 Å². The zero-order valence-corrected chi connectivity index (χ0v) is 14.0. The van der Waals surface area contributed by atoms with E-state index in [1.807, 2.05) is 0 Å². The lowest BCUT2D eigenvalue weighted by molar-refractivity contribution is 0.0299. The third-order valence-electron chi connectivity index (χ3n) is 4.91. The zero-order chi connectivity index (χ0) is 14.8. The molecule has 5 heteroatoms. The highest BCUT2D eigenvalue weighted by molar-refractivity contribution is 7.90. The van der Waals surface area contributed by atoms with Crippen LogP contribution in [0.4, 0.5) is 0 Å². The van der Waals surface area contributed by atoms with Crippen molar-refractivity contribution in [2.24, 2.45) is 11.8 Å². The summed E-state index contributed by atoms with van der Waals surface area (Å²) in [4.78, 5) is 2.61. The lowest BCUT2D eigenvalue weighted by Gasteiger charge is -2.49. The Morgan fingerprint density at radius 3 is 2.30 bits per heavy atom. The van der Waals surface area contributed by atoms with Gasteiger partial charge in [0.1, 0.15) is 9.84 Å². The summed E-state index contributed by atoms with van der Waals surface area (Å²) in [6, 6.07) is 1.25. The normalized spacial score (nSPS) is 31.7. The van der Waals surface area contributed by atoms with Crippen molar-refractivity contribution in [1.29, 1.82) is 0 Å². The summed E-state index contributed by atoms with van der Waals surface area (Å²) >= 11 is 0. The zero-order valence-electron chi connectivity index (χ0n) is 13.1. The molecule has 1 saturated heterocycles. The molecular formula is C15H30N2O2S. The number of rotatable bonds is 6. The minimum absolute atomic E-state index is 0.306. The highest BCUT2D eigenvalue weighted by Gasteiger charge is 2.39. The standard InChI is InChI=1S/C15H30N2O2S/c1-12(2)17-10-13-6-4-7-14(11-17)15(13)16-8-5-9-20(3,18)19/h12-16H,4-11H2,1-3H3. The van der Waals surface area contributed by atoms with Gasteiger partial charge >= 0.3 is 0 Å². The fourth-order valence-corrected chi connectivity index (χ4v) is 4.50. The summed E-state index contributed by atoms with van der Waals surface area (Å²) in [5.74, 6) is 1.81. The topological polar surface area (TPSA) is 49.4 Å². The molecule has 0 amide bonds. The largest absolute Gasteiger partial charge is 0.313 e. The molecule has 2 bridgehead atoms. The number of nitrogens with zero attached hydrogens (tertiary/aromatic N) is 1. The van der Waals surface area contributed by atoms with E-state index in [0.717, 1.165) is 24.8 Å². The van der Waals surface area contributed by atoms with Gasteiger partial charge in [-0.05, 0) is 51.5 Å². The molecule has 1 N–H and O–H groups in total. The summed E-state index contributed by atoms with van der Waals surface area (Å²) in [5.41, 5.74) is 0. The quantitative estimate of drug-likeness (QED) is 0.756. The molecule has 2 fully saturated rings. The van der Waals surface area contributed by atoms with Gasteiger partial charge in [0.2, 0.25) is 0 Å². The van der Waals surface area contributed by atoms with Crippen molar-refractivity contribution in [3.63, 3.8) is 0 Å². The molecule has 4 nitrogen and oxygen atoms in total. The molecular weight excluding hydrogens is 272 g/mol. The van der Waals surface area contributed by atoms with Gasteiger partial charge in [-0.1, -0.05) is 6.42 Å². The summed E-state index contributed by atoms with van der Waals surface area (Å²) in [5, 5.41) is 3.66. The third kappa shape index (κ3) is 4.43. The number of likely N-dealkylation sites (tertiary alicyclic amines) is 1. The molecule has 0 aromatic carbocycles. The van der Waals surface area contributed by atoms with Crippen LogP contribution in [0.3, 0.4) is 0 Å². The van der Waals surface area contributed by atoms with Crippen LogP contribution in [0.25, 0.3) is 0 Å². The van der Waals surface area contributed by atoms with Gasteiger partial charge in [-0.25, -0.2) is 8.42 Å². The Kier molecular flexibility index (Phi) is 5.49. The van der Waals surface area contributed by atoms with Crippen LogP contribution in [-0.4, -0.2) is 57.0 Å². The summed E-state index contributed by atoms with van der Waals surface area (Å²) < 4.78 is 22.3. The summed E-state index contributed by atoms with van der Waals surface area (Å²) in [7, 11) is -2.81. The molecule has 1 heterocycles. The average molecular weight is 302 g/mol. The Hall–Kier alpha value is -0.130. The van der Waals surface area contributed by atoms with E-state index in [0.29, 0.717) is 17.8 Å². The van der Waals surface area contributed by atoms with Crippen molar-refractivity contribution >= 4 is 9.84 Å². The van der Waals surface area contributed by atoms with Crippen molar-refractivity contribution in [1.82, 2.24) is 10.2 Å². The second-order valence-corrected chi connectivity index (χ2v) is 9.22. The van der Waals surface area contributed by atoms with E-state index < -0.39 is 9.84 Å². The lowest BCUT2D eigenvalue weighted by atomic mass is 9.73. The van der Waals surface area contributed by atoms with Crippen LogP contribution in [0.2, 0.25) is 0 Å². The minimum Gasteiger partial charge on any atom is -0.313 e. The number of sulfone groups is 1. The van der Waals surface area contributed by atoms with Crippen LogP contribution in [0.1, 0.15) is 39.5 Å². The van der Waals surface area contributed by atoms with Gasteiger partial charge in [-0.15, -0.1) is 0 Å². The van der Waals surface area contributed by atoms with Gasteiger partial charge in [-0.3, -0.25) is 0 Å². The molecule has 1 aliphatic heterocycles. The lowest BCUT2D eigenvalue weighted by Crippen LogP contribution is -2.58.